The number of hydrogen-bond donors (Lipinski definition) is 2. The van der Waals surface area contributed by atoms with Crippen LogP contribution in [0.5, 0.6) is 0 Å². The minimum atomic E-state index is -0.482. The predicted octanol–water partition coefficient (Wildman–Crippen LogP) is 3.02. The molecule has 5 heteroatoms. The molecular formula is C18H36N2O3. The number of rotatable bonds is 5. The van der Waals surface area contributed by atoms with Crippen LogP contribution in [0.15, 0.2) is 0 Å². The van der Waals surface area contributed by atoms with E-state index in [1.807, 2.05) is 34.6 Å². The molecule has 3 unspecified atom stereocenters. The van der Waals surface area contributed by atoms with E-state index in [0.29, 0.717) is 12.0 Å². The zero-order valence-electron chi connectivity index (χ0n) is 15.9. The molecule has 1 amide bonds. The first-order chi connectivity index (χ1) is 10.5. The second kappa shape index (κ2) is 8.34. The second-order valence-corrected chi connectivity index (χ2v) is 8.54. The molecule has 1 saturated heterocycles. The van der Waals surface area contributed by atoms with Gasteiger partial charge in [0.2, 0.25) is 0 Å². The molecule has 0 aliphatic carbocycles. The van der Waals surface area contributed by atoms with Crippen LogP contribution in [0.4, 0.5) is 4.79 Å². The van der Waals surface area contributed by atoms with Crippen molar-refractivity contribution in [3.05, 3.63) is 0 Å². The number of likely N-dealkylation sites (tertiary alicyclic amines) is 1. The van der Waals surface area contributed by atoms with Crippen molar-refractivity contribution in [3.8, 4) is 0 Å². The number of alkyl carbamates (subject to hydrolysis) is 1. The Morgan fingerprint density at radius 3 is 2.35 bits per heavy atom. The number of hydrogen-bond acceptors (Lipinski definition) is 4. The van der Waals surface area contributed by atoms with Crippen LogP contribution < -0.4 is 5.32 Å². The van der Waals surface area contributed by atoms with Crippen LogP contribution in [-0.2, 0) is 4.74 Å². The predicted molar refractivity (Wildman–Crippen MR) is 93.4 cm³/mol. The molecule has 0 aromatic heterocycles. The van der Waals surface area contributed by atoms with Crippen LogP contribution in [0.2, 0.25) is 0 Å². The Bertz CT molecular complexity index is 375. The first-order valence-corrected chi connectivity index (χ1v) is 8.89. The summed E-state index contributed by atoms with van der Waals surface area (Å²) in [6.45, 7) is 15.9. The van der Waals surface area contributed by atoms with Gasteiger partial charge in [-0.3, -0.25) is 4.90 Å². The van der Waals surface area contributed by atoms with Gasteiger partial charge in [0, 0.05) is 25.2 Å². The molecule has 0 aromatic rings. The maximum Gasteiger partial charge on any atom is 0.407 e. The molecule has 5 nitrogen and oxygen atoms in total. The van der Waals surface area contributed by atoms with Crippen molar-refractivity contribution in [2.75, 3.05) is 13.1 Å². The fraction of sp³-hybridized carbons (Fsp3) is 0.944. The smallest absolute Gasteiger partial charge is 0.407 e. The quantitative estimate of drug-likeness (QED) is 0.814. The highest BCUT2D eigenvalue weighted by molar-refractivity contribution is 5.68. The third-order valence-corrected chi connectivity index (χ3v) is 4.36. The average Bonchev–Trinajstić information content (AvgIpc) is 2.35. The van der Waals surface area contributed by atoms with E-state index in [9.17, 15) is 9.90 Å². The zero-order valence-corrected chi connectivity index (χ0v) is 15.9. The largest absolute Gasteiger partial charge is 0.444 e. The van der Waals surface area contributed by atoms with Crippen molar-refractivity contribution in [1.29, 1.82) is 0 Å². The Morgan fingerprint density at radius 1 is 1.26 bits per heavy atom. The molecule has 2 N–H and O–H groups in total. The SMILES string of the molecule is CC(C)C(O)CC1CC(NC(=O)OC(C)(C)C)CN(C(C)C)C1. The average molecular weight is 328 g/mol. The lowest BCUT2D eigenvalue weighted by Crippen LogP contribution is -2.53. The fourth-order valence-corrected chi connectivity index (χ4v) is 3.03. The summed E-state index contributed by atoms with van der Waals surface area (Å²) in [6.07, 6.45) is 1.05. The van der Waals surface area contributed by atoms with Gasteiger partial charge in [0.15, 0.2) is 0 Å². The van der Waals surface area contributed by atoms with Gasteiger partial charge in [0.25, 0.3) is 0 Å². The van der Waals surface area contributed by atoms with Crippen LogP contribution in [0, 0.1) is 11.8 Å². The van der Waals surface area contributed by atoms with Gasteiger partial charge < -0.3 is 15.2 Å². The van der Waals surface area contributed by atoms with Gasteiger partial charge >= 0.3 is 6.09 Å². The molecule has 0 aromatic carbocycles. The zero-order chi connectivity index (χ0) is 17.8. The Hall–Kier alpha value is -0.810. The van der Waals surface area contributed by atoms with Crippen LogP contribution in [-0.4, -0.2) is 53.0 Å². The highest BCUT2D eigenvalue weighted by Gasteiger charge is 2.32. The monoisotopic (exact) mass is 328 g/mol. The van der Waals surface area contributed by atoms with Gasteiger partial charge in [-0.05, 0) is 59.3 Å². The van der Waals surface area contributed by atoms with E-state index in [-0.39, 0.29) is 24.2 Å². The first-order valence-electron chi connectivity index (χ1n) is 8.89. The van der Waals surface area contributed by atoms with Gasteiger partial charge in [0.1, 0.15) is 5.60 Å². The third-order valence-electron chi connectivity index (χ3n) is 4.36. The summed E-state index contributed by atoms with van der Waals surface area (Å²) < 4.78 is 5.37. The minimum Gasteiger partial charge on any atom is -0.444 e. The molecule has 23 heavy (non-hydrogen) atoms. The van der Waals surface area contributed by atoms with E-state index in [1.165, 1.54) is 0 Å². The van der Waals surface area contributed by atoms with Crippen molar-refractivity contribution < 1.29 is 14.6 Å². The Labute approximate surface area is 141 Å². The first kappa shape index (κ1) is 20.2. The molecule has 0 radical (unpaired) electrons. The number of aliphatic hydroxyl groups excluding tert-OH is 1. The summed E-state index contributed by atoms with van der Waals surface area (Å²) >= 11 is 0. The van der Waals surface area contributed by atoms with Crippen molar-refractivity contribution in [2.24, 2.45) is 11.8 Å². The molecule has 1 heterocycles. The molecule has 1 aliphatic rings. The van der Waals surface area contributed by atoms with Crippen LogP contribution in [0.25, 0.3) is 0 Å². The van der Waals surface area contributed by atoms with Crippen molar-refractivity contribution >= 4 is 6.09 Å². The van der Waals surface area contributed by atoms with Gasteiger partial charge in [-0.15, -0.1) is 0 Å². The van der Waals surface area contributed by atoms with Crippen molar-refractivity contribution in [2.45, 2.75) is 85.1 Å². The molecule has 0 bridgehead atoms. The molecule has 136 valence electrons. The summed E-state index contributed by atoms with van der Waals surface area (Å²) in [5, 5.41) is 13.2. The molecular weight excluding hydrogens is 292 g/mol. The maximum absolute atomic E-state index is 12.0. The van der Waals surface area contributed by atoms with Gasteiger partial charge in [-0.2, -0.15) is 0 Å². The Balaban J connectivity index is 2.65. The molecule has 0 saturated carbocycles. The molecule has 1 aliphatic heterocycles. The minimum absolute atomic E-state index is 0.0744. The van der Waals surface area contributed by atoms with Gasteiger partial charge in [-0.1, -0.05) is 13.8 Å². The Kier molecular flexibility index (Phi) is 7.33. The second-order valence-electron chi connectivity index (χ2n) is 8.54. The molecule has 1 rings (SSSR count). The topological polar surface area (TPSA) is 61.8 Å². The highest BCUT2D eigenvalue weighted by Crippen LogP contribution is 2.25. The van der Waals surface area contributed by atoms with E-state index in [4.69, 9.17) is 4.74 Å². The summed E-state index contributed by atoms with van der Waals surface area (Å²) in [4.78, 5) is 14.4. The van der Waals surface area contributed by atoms with Crippen molar-refractivity contribution in [1.82, 2.24) is 10.2 Å². The number of nitrogens with one attached hydrogen (secondary N) is 1. The number of nitrogens with zero attached hydrogens (tertiary/aromatic N) is 1. The lowest BCUT2D eigenvalue weighted by atomic mass is 9.86. The third kappa shape index (κ3) is 7.53. The summed E-state index contributed by atoms with van der Waals surface area (Å²) in [7, 11) is 0. The van der Waals surface area contributed by atoms with Crippen LogP contribution >= 0.6 is 0 Å². The molecule has 3 atom stereocenters. The van der Waals surface area contributed by atoms with Crippen molar-refractivity contribution in [3.63, 3.8) is 0 Å². The standard InChI is InChI=1S/C18H36N2O3/c1-12(2)16(21)9-14-8-15(11-20(10-14)13(3)4)19-17(22)23-18(5,6)7/h12-16,21H,8-11H2,1-7H3,(H,19,22). The van der Waals surface area contributed by atoms with E-state index in [0.717, 1.165) is 25.9 Å². The normalized spacial score (nSPS) is 24.8. The van der Waals surface area contributed by atoms with E-state index in [1.54, 1.807) is 0 Å². The number of aliphatic hydroxyl groups is 1. The number of amides is 1. The number of carbonyl (C=O) groups excluding carboxylic acids is 1. The lowest BCUT2D eigenvalue weighted by Gasteiger charge is -2.41. The van der Waals surface area contributed by atoms with E-state index >= 15 is 0 Å². The Morgan fingerprint density at radius 2 is 1.87 bits per heavy atom. The summed E-state index contributed by atoms with van der Waals surface area (Å²) in [5.74, 6) is 0.658. The van der Waals surface area contributed by atoms with Gasteiger partial charge in [0.05, 0.1) is 6.10 Å². The number of carbonyl (C=O) groups is 1. The van der Waals surface area contributed by atoms with Crippen LogP contribution in [0.3, 0.4) is 0 Å². The number of piperidine rings is 1. The summed E-state index contributed by atoms with van der Waals surface area (Å²) in [5.41, 5.74) is -0.482. The van der Waals surface area contributed by atoms with E-state index in [2.05, 4.69) is 24.1 Å². The van der Waals surface area contributed by atoms with E-state index < -0.39 is 5.60 Å². The summed E-state index contributed by atoms with van der Waals surface area (Å²) in [6, 6.07) is 0.502. The lowest BCUT2D eigenvalue weighted by molar-refractivity contribution is 0.0338. The number of ether oxygens (including phenoxy) is 1. The fourth-order valence-electron chi connectivity index (χ4n) is 3.03. The highest BCUT2D eigenvalue weighted by atomic mass is 16.6. The molecule has 1 fully saturated rings. The molecule has 0 spiro atoms. The maximum atomic E-state index is 12.0. The van der Waals surface area contributed by atoms with Crippen LogP contribution in [0.1, 0.15) is 61.3 Å². The van der Waals surface area contributed by atoms with Gasteiger partial charge in [-0.25, -0.2) is 4.79 Å².